The maximum atomic E-state index is 11.9. The van der Waals surface area contributed by atoms with Crippen LogP contribution in [0.1, 0.15) is 5.56 Å². The second kappa shape index (κ2) is 7.47. The number of benzene rings is 2. The third-order valence-electron chi connectivity index (χ3n) is 2.97. The lowest BCUT2D eigenvalue weighted by molar-refractivity contribution is -0.139. The molecule has 0 heterocycles. The second-order valence-electron chi connectivity index (χ2n) is 4.69. The zero-order chi connectivity index (χ0) is 15.9. The molecule has 3 N–H and O–H groups in total. The fraction of sp³-hybridized carbons (Fsp3) is 0.125. The number of carbonyl (C=O) groups excluding carboxylic acids is 1. The lowest BCUT2D eigenvalue weighted by Gasteiger charge is -2.15. The maximum absolute atomic E-state index is 11.9. The number of hydrogen-bond donors (Lipinski definition) is 3. The van der Waals surface area contributed by atoms with Crippen LogP contribution >= 0.6 is 11.6 Å². The number of nitrogens with one attached hydrogen (secondary N) is 2. The predicted octanol–water partition coefficient (Wildman–Crippen LogP) is 3.16. The van der Waals surface area contributed by atoms with Crippen LogP contribution in [0.4, 0.5) is 10.5 Å². The van der Waals surface area contributed by atoms with Gasteiger partial charge >= 0.3 is 12.0 Å². The molecular formula is C16H15ClN2O3. The van der Waals surface area contributed by atoms with E-state index in [9.17, 15) is 14.7 Å². The first kappa shape index (κ1) is 15.9. The van der Waals surface area contributed by atoms with Gasteiger partial charge in [0, 0.05) is 17.1 Å². The predicted molar refractivity (Wildman–Crippen MR) is 85.2 cm³/mol. The molecule has 2 aromatic carbocycles. The van der Waals surface area contributed by atoms with Crippen molar-refractivity contribution >= 4 is 29.3 Å². The molecule has 0 unspecified atom stereocenters. The summed E-state index contributed by atoms with van der Waals surface area (Å²) in [5, 5.41) is 14.7. The molecule has 0 aliphatic carbocycles. The highest BCUT2D eigenvalue weighted by Gasteiger charge is 2.20. The summed E-state index contributed by atoms with van der Waals surface area (Å²) in [4.78, 5) is 23.2. The Labute approximate surface area is 132 Å². The van der Waals surface area contributed by atoms with E-state index in [1.165, 1.54) is 0 Å². The molecule has 0 aliphatic heterocycles. The number of rotatable bonds is 5. The van der Waals surface area contributed by atoms with E-state index in [0.717, 1.165) is 5.56 Å². The summed E-state index contributed by atoms with van der Waals surface area (Å²) in [5.41, 5.74) is 1.33. The molecule has 6 heteroatoms. The highest BCUT2D eigenvalue weighted by molar-refractivity contribution is 6.30. The number of aliphatic carboxylic acids is 1. The topological polar surface area (TPSA) is 78.4 Å². The zero-order valence-electron chi connectivity index (χ0n) is 11.6. The first-order valence-corrected chi connectivity index (χ1v) is 7.02. The third-order valence-corrected chi connectivity index (χ3v) is 3.20. The van der Waals surface area contributed by atoms with Gasteiger partial charge in [0.1, 0.15) is 6.04 Å². The van der Waals surface area contributed by atoms with Crippen LogP contribution in [-0.2, 0) is 11.2 Å². The Kier molecular flexibility index (Phi) is 5.38. The first-order valence-electron chi connectivity index (χ1n) is 6.64. The molecule has 0 radical (unpaired) electrons. The van der Waals surface area contributed by atoms with Crippen LogP contribution in [0.15, 0.2) is 54.6 Å². The molecule has 0 fully saturated rings. The Morgan fingerprint density at radius 3 is 2.45 bits per heavy atom. The Morgan fingerprint density at radius 2 is 1.82 bits per heavy atom. The van der Waals surface area contributed by atoms with E-state index in [2.05, 4.69) is 10.6 Å². The molecule has 2 rings (SSSR count). The highest BCUT2D eigenvalue weighted by atomic mass is 35.5. The standard InChI is InChI=1S/C16H15ClN2O3/c17-12-7-4-8-13(10-12)18-16(22)19-14(15(20)21)9-11-5-2-1-3-6-11/h1-8,10,14H,9H2,(H,20,21)(H2,18,19,22)/t14-/m1/s1. The van der Waals surface area contributed by atoms with Gasteiger partial charge in [0.2, 0.25) is 0 Å². The SMILES string of the molecule is O=C(Nc1cccc(Cl)c1)N[C@H](Cc1ccccc1)C(=O)O. The van der Waals surface area contributed by atoms with Crippen molar-refractivity contribution in [1.82, 2.24) is 5.32 Å². The van der Waals surface area contributed by atoms with Crippen LogP contribution in [0.3, 0.4) is 0 Å². The van der Waals surface area contributed by atoms with E-state index in [-0.39, 0.29) is 6.42 Å². The lowest BCUT2D eigenvalue weighted by Crippen LogP contribution is -2.44. The molecule has 2 amide bonds. The average Bonchev–Trinajstić information content (AvgIpc) is 2.47. The fourth-order valence-electron chi connectivity index (χ4n) is 1.94. The van der Waals surface area contributed by atoms with Gasteiger partial charge in [-0.1, -0.05) is 48.0 Å². The van der Waals surface area contributed by atoms with Gasteiger partial charge in [-0.05, 0) is 23.8 Å². The van der Waals surface area contributed by atoms with Gasteiger partial charge in [-0.3, -0.25) is 0 Å². The van der Waals surface area contributed by atoms with E-state index in [4.69, 9.17) is 11.6 Å². The van der Waals surface area contributed by atoms with E-state index >= 15 is 0 Å². The minimum Gasteiger partial charge on any atom is -0.480 e. The molecule has 22 heavy (non-hydrogen) atoms. The molecule has 5 nitrogen and oxygen atoms in total. The van der Waals surface area contributed by atoms with Crippen LogP contribution < -0.4 is 10.6 Å². The van der Waals surface area contributed by atoms with Gasteiger partial charge in [-0.25, -0.2) is 9.59 Å². The number of halogens is 1. The fourth-order valence-corrected chi connectivity index (χ4v) is 2.13. The molecule has 2 aromatic rings. The van der Waals surface area contributed by atoms with Crippen molar-refractivity contribution in [3.05, 3.63) is 65.2 Å². The number of amides is 2. The van der Waals surface area contributed by atoms with Crippen molar-refractivity contribution in [2.24, 2.45) is 0 Å². The molecule has 0 bridgehead atoms. The monoisotopic (exact) mass is 318 g/mol. The van der Waals surface area contributed by atoms with Gasteiger partial charge in [-0.2, -0.15) is 0 Å². The summed E-state index contributed by atoms with van der Waals surface area (Å²) in [6.45, 7) is 0. The average molecular weight is 319 g/mol. The highest BCUT2D eigenvalue weighted by Crippen LogP contribution is 2.14. The largest absolute Gasteiger partial charge is 0.480 e. The van der Waals surface area contributed by atoms with Crippen molar-refractivity contribution in [2.75, 3.05) is 5.32 Å². The smallest absolute Gasteiger partial charge is 0.326 e. The lowest BCUT2D eigenvalue weighted by atomic mass is 10.1. The molecular weight excluding hydrogens is 304 g/mol. The van der Waals surface area contributed by atoms with Crippen LogP contribution in [-0.4, -0.2) is 23.1 Å². The van der Waals surface area contributed by atoms with Crippen molar-refractivity contribution in [1.29, 1.82) is 0 Å². The maximum Gasteiger partial charge on any atom is 0.326 e. The number of carboxylic acid groups (broad SMARTS) is 1. The summed E-state index contributed by atoms with van der Waals surface area (Å²) in [6.07, 6.45) is 0.207. The number of hydrogen-bond acceptors (Lipinski definition) is 2. The molecule has 114 valence electrons. The third kappa shape index (κ3) is 4.79. The van der Waals surface area contributed by atoms with Gasteiger partial charge in [0.15, 0.2) is 0 Å². The van der Waals surface area contributed by atoms with Crippen LogP contribution in [0.2, 0.25) is 5.02 Å². The Balaban J connectivity index is 1.98. The van der Waals surface area contributed by atoms with Crippen molar-refractivity contribution in [3.63, 3.8) is 0 Å². The summed E-state index contributed by atoms with van der Waals surface area (Å²) < 4.78 is 0. The number of carboxylic acids is 1. The summed E-state index contributed by atoms with van der Waals surface area (Å²) >= 11 is 5.83. The molecule has 0 saturated carbocycles. The Hall–Kier alpha value is -2.53. The molecule has 0 saturated heterocycles. The first-order chi connectivity index (χ1) is 10.5. The van der Waals surface area contributed by atoms with E-state index in [0.29, 0.717) is 10.7 Å². The van der Waals surface area contributed by atoms with Crippen LogP contribution in [0.25, 0.3) is 0 Å². The Morgan fingerprint density at radius 1 is 1.09 bits per heavy atom. The molecule has 0 aliphatic rings. The van der Waals surface area contributed by atoms with E-state index in [1.807, 2.05) is 30.3 Å². The van der Waals surface area contributed by atoms with Gasteiger partial charge in [0.05, 0.1) is 0 Å². The van der Waals surface area contributed by atoms with E-state index in [1.54, 1.807) is 24.3 Å². The van der Waals surface area contributed by atoms with Gasteiger partial charge in [0.25, 0.3) is 0 Å². The van der Waals surface area contributed by atoms with Crippen LogP contribution in [0, 0.1) is 0 Å². The quantitative estimate of drug-likeness (QED) is 0.792. The van der Waals surface area contributed by atoms with Crippen LogP contribution in [0.5, 0.6) is 0 Å². The summed E-state index contributed by atoms with van der Waals surface area (Å²) in [6, 6.07) is 14.1. The number of anilines is 1. The molecule has 1 atom stereocenters. The van der Waals surface area contributed by atoms with Gasteiger partial charge in [-0.15, -0.1) is 0 Å². The number of carbonyl (C=O) groups is 2. The second-order valence-corrected chi connectivity index (χ2v) is 5.13. The minimum atomic E-state index is -1.09. The minimum absolute atomic E-state index is 0.207. The normalized spacial score (nSPS) is 11.5. The van der Waals surface area contributed by atoms with Crippen molar-refractivity contribution in [3.8, 4) is 0 Å². The zero-order valence-corrected chi connectivity index (χ0v) is 12.4. The summed E-state index contributed by atoms with van der Waals surface area (Å²) in [5.74, 6) is -1.09. The molecule has 0 aromatic heterocycles. The van der Waals surface area contributed by atoms with Gasteiger partial charge < -0.3 is 15.7 Å². The Bertz CT molecular complexity index is 661. The van der Waals surface area contributed by atoms with Crippen molar-refractivity contribution < 1.29 is 14.7 Å². The van der Waals surface area contributed by atoms with Crippen molar-refractivity contribution in [2.45, 2.75) is 12.5 Å². The number of urea groups is 1. The summed E-state index contributed by atoms with van der Waals surface area (Å²) in [7, 11) is 0. The van der Waals surface area contributed by atoms with E-state index < -0.39 is 18.0 Å². The molecule has 0 spiro atoms.